The summed E-state index contributed by atoms with van der Waals surface area (Å²) in [7, 11) is 1.64. The van der Waals surface area contributed by atoms with E-state index >= 15 is 0 Å². The van der Waals surface area contributed by atoms with Crippen LogP contribution in [0.5, 0.6) is 11.5 Å². The Hall–Kier alpha value is -2.07. The number of pyridine rings is 1. The second kappa shape index (κ2) is 5.28. The zero-order chi connectivity index (χ0) is 13.1. The predicted molar refractivity (Wildman–Crippen MR) is 73.4 cm³/mol. The lowest BCUT2D eigenvalue weighted by Crippen LogP contribution is -2.16. The summed E-state index contributed by atoms with van der Waals surface area (Å²) in [5, 5.41) is 3.32. The third kappa shape index (κ3) is 2.53. The van der Waals surface area contributed by atoms with Gasteiger partial charge in [-0.3, -0.25) is 4.98 Å². The third-order valence-corrected chi connectivity index (χ3v) is 3.19. The van der Waals surface area contributed by atoms with Crippen molar-refractivity contribution in [2.24, 2.45) is 0 Å². The molecular formula is C15H16N2O2. The molecule has 1 aliphatic rings. The molecule has 0 radical (unpaired) electrons. The fraction of sp³-hybridized carbons (Fsp3) is 0.267. The molecule has 2 heterocycles. The van der Waals surface area contributed by atoms with Crippen molar-refractivity contribution in [3.8, 4) is 22.8 Å². The van der Waals surface area contributed by atoms with E-state index in [9.17, 15) is 0 Å². The average Bonchev–Trinajstić information content (AvgIpc) is 2.72. The topological polar surface area (TPSA) is 43.4 Å². The van der Waals surface area contributed by atoms with Crippen molar-refractivity contribution < 1.29 is 9.47 Å². The summed E-state index contributed by atoms with van der Waals surface area (Å²) in [6.45, 7) is 2.43. The average molecular weight is 256 g/mol. The van der Waals surface area contributed by atoms with Gasteiger partial charge in [-0.2, -0.15) is 0 Å². The number of aromatic nitrogens is 1. The van der Waals surface area contributed by atoms with E-state index < -0.39 is 0 Å². The summed E-state index contributed by atoms with van der Waals surface area (Å²) in [6, 6.07) is 10.1. The van der Waals surface area contributed by atoms with Crippen LogP contribution in [0, 0.1) is 0 Å². The summed E-state index contributed by atoms with van der Waals surface area (Å²) in [5.41, 5.74) is 3.17. The molecule has 3 rings (SSSR count). The zero-order valence-electron chi connectivity index (χ0n) is 10.8. The Bertz CT molecular complexity index is 567. The maximum absolute atomic E-state index is 5.74. The highest BCUT2D eigenvalue weighted by molar-refractivity contribution is 5.63. The van der Waals surface area contributed by atoms with Gasteiger partial charge in [-0.05, 0) is 18.2 Å². The maximum Gasteiger partial charge on any atom is 0.137 e. The quantitative estimate of drug-likeness (QED) is 0.895. The Labute approximate surface area is 112 Å². The molecule has 19 heavy (non-hydrogen) atoms. The van der Waals surface area contributed by atoms with Gasteiger partial charge >= 0.3 is 0 Å². The Morgan fingerprint density at radius 1 is 1.26 bits per heavy atom. The smallest absolute Gasteiger partial charge is 0.137 e. The SMILES string of the molecule is COc1ccc(-c2ccc3c(c2)OCCNC3)nc1. The molecule has 0 atom stereocenters. The van der Waals surface area contributed by atoms with Crippen LogP contribution in [-0.2, 0) is 6.54 Å². The first-order valence-corrected chi connectivity index (χ1v) is 6.34. The number of benzene rings is 1. The van der Waals surface area contributed by atoms with Crippen LogP contribution in [0.25, 0.3) is 11.3 Å². The largest absolute Gasteiger partial charge is 0.495 e. The first-order chi connectivity index (χ1) is 9.36. The maximum atomic E-state index is 5.74. The standard InChI is InChI=1S/C15H16N2O2/c1-18-13-4-5-14(17-10-13)11-2-3-12-9-16-6-7-19-15(12)8-11/h2-5,8,10,16H,6-7,9H2,1H3. The minimum atomic E-state index is 0.701. The van der Waals surface area contributed by atoms with Gasteiger partial charge < -0.3 is 14.8 Å². The number of nitrogens with zero attached hydrogens (tertiary/aromatic N) is 1. The Morgan fingerprint density at radius 2 is 2.21 bits per heavy atom. The van der Waals surface area contributed by atoms with E-state index in [4.69, 9.17) is 9.47 Å². The summed E-state index contributed by atoms with van der Waals surface area (Å²) >= 11 is 0. The minimum Gasteiger partial charge on any atom is -0.495 e. The number of rotatable bonds is 2. The number of ether oxygens (including phenoxy) is 2. The Morgan fingerprint density at radius 3 is 3.00 bits per heavy atom. The van der Waals surface area contributed by atoms with Crippen LogP contribution in [0.1, 0.15) is 5.56 Å². The van der Waals surface area contributed by atoms with Crippen LogP contribution in [0.4, 0.5) is 0 Å². The number of methoxy groups -OCH3 is 1. The van der Waals surface area contributed by atoms with Crippen molar-refractivity contribution >= 4 is 0 Å². The highest BCUT2D eigenvalue weighted by atomic mass is 16.5. The van der Waals surface area contributed by atoms with Crippen LogP contribution in [0.3, 0.4) is 0 Å². The fourth-order valence-corrected chi connectivity index (χ4v) is 2.12. The van der Waals surface area contributed by atoms with E-state index in [2.05, 4.69) is 28.5 Å². The molecule has 1 aromatic heterocycles. The summed E-state index contributed by atoms with van der Waals surface area (Å²) in [5.74, 6) is 1.71. The Kier molecular flexibility index (Phi) is 3.33. The predicted octanol–water partition coefficient (Wildman–Crippen LogP) is 2.24. The Balaban J connectivity index is 1.94. The minimum absolute atomic E-state index is 0.701. The molecule has 1 aromatic carbocycles. The molecule has 0 saturated carbocycles. The zero-order valence-corrected chi connectivity index (χ0v) is 10.8. The molecule has 4 nitrogen and oxygen atoms in total. The monoisotopic (exact) mass is 256 g/mol. The van der Waals surface area contributed by atoms with Gasteiger partial charge in [0.2, 0.25) is 0 Å². The first kappa shape index (κ1) is 12.0. The second-order valence-corrected chi connectivity index (χ2v) is 4.43. The molecule has 2 aromatic rings. The van der Waals surface area contributed by atoms with E-state index in [0.29, 0.717) is 6.61 Å². The molecule has 0 unspecified atom stereocenters. The molecule has 0 aliphatic carbocycles. The molecular weight excluding hydrogens is 240 g/mol. The van der Waals surface area contributed by atoms with E-state index in [-0.39, 0.29) is 0 Å². The van der Waals surface area contributed by atoms with Crippen molar-refractivity contribution in [1.29, 1.82) is 0 Å². The lowest BCUT2D eigenvalue weighted by atomic mass is 10.1. The van der Waals surface area contributed by atoms with Gasteiger partial charge in [0.25, 0.3) is 0 Å². The van der Waals surface area contributed by atoms with Crippen LogP contribution >= 0.6 is 0 Å². The van der Waals surface area contributed by atoms with Crippen molar-refractivity contribution in [2.45, 2.75) is 6.54 Å². The van der Waals surface area contributed by atoms with Gasteiger partial charge in [0.05, 0.1) is 19.0 Å². The van der Waals surface area contributed by atoms with Crippen molar-refractivity contribution in [1.82, 2.24) is 10.3 Å². The number of fused-ring (bicyclic) bond motifs is 1. The summed E-state index contributed by atoms with van der Waals surface area (Å²) < 4.78 is 10.9. The molecule has 98 valence electrons. The molecule has 0 amide bonds. The van der Waals surface area contributed by atoms with Gasteiger partial charge in [0.15, 0.2) is 0 Å². The second-order valence-electron chi connectivity index (χ2n) is 4.43. The lowest BCUT2D eigenvalue weighted by molar-refractivity contribution is 0.326. The van der Waals surface area contributed by atoms with Gasteiger partial charge in [-0.25, -0.2) is 0 Å². The van der Waals surface area contributed by atoms with E-state index in [1.807, 2.05) is 12.1 Å². The van der Waals surface area contributed by atoms with Crippen LogP contribution in [0.15, 0.2) is 36.5 Å². The molecule has 0 spiro atoms. The van der Waals surface area contributed by atoms with Gasteiger partial charge in [-0.15, -0.1) is 0 Å². The summed E-state index contributed by atoms with van der Waals surface area (Å²) in [6.07, 6.45) is 1.73. The molecule has 0 bridgehead atoms. The first-order valence-electron chi connectivity index (χ1n) is 6.34. The third-order valence-electron chi connectivity index (χ3n) is 3.19. The lowest BCUT2D eigenvalue weighted by Gasteiger charge is -2.09. The van der Waals surface area contributed by atoms with Crippen LogP contribution in [-0.4, -0.2) is 25.2 Å². The molecule has 1 N–H and O–H groups in total. The molecule has 4 heteroatoms. The normalized spacial score (nSPS) is 14.2. The van der Waals surface area contributed by atoms with Gasteiger partial charge in [0, 0.05) is 24.2 Å². The van der Waals surface area contributed by atoms with Gasteiger partial charge in [-0.1, -0.05) is 12.1 Å². The van der Waals surface area contributed by atoms with E-state index in [1.165, 1.54) is 5.56 Å². The molecule has 0 saturated heterocycles. The fourth-order valence-electron chi connectivity index (χ4n) is 2.12. The number of hydrogen-bond acceptors (Lipinski definition) is 4. The molecule has 1 aliphatic heterocycles. The van der Waals surface area contributed by atoms with Crippen LogP contribution < -0.4 is 14.8 Å². The number of hydrogen-bond donors (Lipinski definition) is 1. The number of nitrogens with one attached hydrogen (secondary N) is 1. The molecule has 0 fully saturated rings. The van der Waals surface area contributed by atoms with Crippen molar-refractivity contribution in [3.63, 3.8) is 0 Å². The van der Waals surface area contributed by atoms with E-state index in [1.54, 1.807) is 13.3 Å². The van der Waals surface area contributed by atoms with Gasteiger partial charge in [0.1, 0.15) is 18.1 Å². The van der Waals surface area contributed by atoms with E-state index in [0.717, 1.165) is 35.8 Å². The van der Waals surface area contributed by atoms with Crippen LogP contribution in [0.2, 0.25) is 0 Å². The van der Waals surface area contributed by atoms with Crippen molar-refractivity contribution in [2.75, 3.05) is 20.3 Å². The highest BCUT2D eigenvalue weighted by Crippen LogP contribution is 2.27. The summed E-state index contributed by atoms with van der Waals surface area (Å²) in [4.78, 5) is 4.40. The van der Waals surface area contributed by atoms with Crippen molar-refractivity contribution in [3.05, 3.63) is 42.1 Å². The highest BCUT2D eigenvalue weighted by Gasteiger charge is 2.10.